The fraction of sp³-hybridized carbons (Fsp3) is 0.314. The van der Waals surface area contributed by atoms with Crippen molar-refractivity contribution in [1.29, 1.82) is 0 Å². The predicted octanol–water partition coefficient (Wildman–Crippen LogP) is 5.56. The number of amides is 2. The number of nitrogens with zero attached hydrogens (tertiary/aromatic N) is 3. The fourth-order valence-electron chi connectivity index (χ4n) is 5.53. The van der Waals surface area contributed by atoms with Gasteiger partial charge in [0.15, 0.2) is 0 Å². The number of carboxylic acid groups (broad SMARTS) is 1. The Bertz CT molecular complexity index is 1640. The molecule has 44 heavy (non-hydrogen) atoms. The van der Waals surface area contributed by atoms with Crippen LogP contribution in [0.3, 0.4) is 0 Å². The zero-order chi connectivity index (χ0) is 31.1. The number of hydrogen-bond donors (Lipinski definition) is 2. The predicted molar refractivity (Wildman–Crippen MR) is 169 cm³/mol. The number of nitrogens with one attached hydrogen (secondary N) is 1. The Balaban J connectivity index is 1.24. The van der Waals surface area contributed by atoms with Crippen LogP contribution in [-0.4, -0.2) is 52.4 Å². The van der Waals surface area contributed by atoms with Crippen LogP contribution in [0.25, 0.3) is 11.1 Å². The summed E-state index contributed by atoms with van der Waals surface area (Å²) in [6, 6.07) is 19.2. The lowest BCUT2D eigenvalue weighted by atomic mass is 9.97. The smallest absolute Gasteiger partial charge is 0.322 e. The van der Waals surface area contributed by atoms with Crippen LogP contribution in [0.2, 0.25) is 0 Å². The summed E-state index contributed by atoms with van der Waals surface area (Å²) in [5.41, 5.74) is 7.90. The summed E-state index contributed by atoms with van der Waals surface area (Å²) in [6.07, 6.45) is 7.77. The Labute approximate surface area is 257 Å². The average molecular weight is 595 g/mol. The third-order valence-electron chi connectivity index (χ3n) is 8.05. The van der Waals surface area contributed by atoms with Gasteiger partial charge in [-0.1, -0.05) is 36.4 Å². The number of benzene rings is 3. The minimum absolute atomic E-state index is 0.116. The lowest BCUT2D eigenvalue weighted by molar-refractivity contribution is -0.135. The number of aliphatic carboxylic acids is 1. The Morgan fingerprint density at radius 3 is 2.59 bits per heavy atom. The highest BCUT2D eigenvalue weighted by Gasteiger charge is 2.23. The van der Waals surface area contributed by atoms with Crippen LogP contribution in [0, 0.1) is 13.8 Å². The third-order valence-corrected chi connectivity index (χ3v) is 8.05. The fourth-order valence-corrected chi connectivity index (χ4v) is 5.53. The first kappa shape index (κ1) is 30.5. The summed E-state index contributed by atoms with van der Waals surface area (Å²) in [6.45, 7) is 5.42. The SMILES string of the molecule is Cc1cccc(OCCCC(=O)N2CCCCc3c(-c4cnn(Cc5ccc(C(=O)NCC(=O)O)cc5)c4)cccc32)c1C. The molecule has 4 aromatic rings. The van der Waals surface area contributed by atoms with E-state index >= 15 is 0 Å². The van der Waals surface area contributed by atoms with Crippen LogP contribution >= 0.6 is 0 Å². The van der Waals surface area contributed by atoms with Gasteiger partial charge in [0.25, 0.3) is 5.91 Å². The molecule has 2 heterocycles. The van der Waals surface area contributed by atoms with E-state index in [-0.39, 0.29) is 5.91 Å². The van der Waals surface area contributed by atoms with Crippen LogP contribution in [-0.2, 0) is 22.6 Å². The maximum Gasteiger partial charge on any atom is 0.322 e. The molecule has 0 saturated carbocycles. The minimum atomic E-state index is -1.09. The molecule has 1 aliphatic heterocycles. The molecule has 0 bridgehead atoms. The van der Waals surface area contributed by atoms with Gasteiger partial charge in [0, 0.05) is 36.0 Å². The number of fused-ring (bicyclic) bond motifs is 1. The molecule has 9 nitrogen and oxygen atoms in total. The molecule has 9 heteroatoms. The molecule has 5 rings (SSSR count). The first-order valence-corrected chi connectivity index (χ1v) is 15.0. The molecule has 2 amide bonds. The molecular formula is C35H38N4O5. The molecule has 0 saturated heterocycles. The van der Waals surface area contributed by atoms with E-state index in [1.165, 1.54) is 11.1 Å². The normalized spacial score (nSPS) is 12.7. The van der Waals surface area contributed by atoms with E-state index in [0.29, 0.717) is 38.1 Å². The molecule has 3 aromatic carbocycles. The van der Waals surface area contributed by atoms with Crippen molar-refractivity contribution in [3.8, 4) is 16.9 Å². The first-order chi connectivity index (χ1) is 21.3. The molecule has 1 aliphatic rings. The van der Waals surface area contributed by atoms with Gasteiger partial charge in [-0.3, -0.25) is 19.1 Å². The molecule has 0 aliphatic carbocycles. The van der Waals surface area contributed by atoms with Crippen molar-refractivity contribution in [2.24, 2.45) is 0 Å². The molecule has 0 fully saturated rings. The van der Waals surface area contributed by atoms with Crippen molar-refractivity contribution < 1.29 is 24.2 Å². The van der Waals surface area contributed by atoms with Crippen molar-refractivity contribution in [1.82, 2.24) is 15.1 Å². The second-order valence-electron chi connectivity index (χ2n) is 11.2. The summed E-state index contributed by atoms with van der Waals surface area (Å²) in [4.78, 5) is 38.2. The van der Waals surface area contributed by atoms with Gasteiger partial charge in [0.2, 0.25) is 5.91 Å². The van der Waals surface area contributed by atoms with Crippen LogP contribution in [0.1, 0.15) is 58.3 Å². The zero-order valence-corrected chi connectivity index (χ0v) is 25.2. The topological polar surface area (TPSA) is 114 Å². The number of ether oxygens (including phenoxy) is 1. The van der Waals surface area contributed by atoms with E-state index in [9.17, 15) is 14.4 Å². The number of carbonyl (C=O) groups is 3. The van der Waals surface area contributed by atoms with Gasteiger partial charge in [0.1, 0.15) is 12.3 Å². The largest absolute Gasteiger partial charge is 0.493 e. The van der Waals surface area contributed by atoms with Gasteiger partial charge in [0.05, 0.1) is 19.3 Å². The monoisotopic (exact) mass is 594 g/mol. The van der Waals surface area contributed by atoms with Crippen molar-refractivity contribution >= 4 is 23.5 Å². The van der Waals surface area contributed by atoms with Gasteiger partial charge in [-0.15, -0.1) is 0 Å². The van der Waals surface area contributed by atoms with Gasteiger partial charge >= 0.3 is 5.97 Å². The minimum Gasteiger partial charge on any atom is -0.493 e. The molecule has 1 aromatic heterocycles. The van der Waals surface area contributed by atoms with Gasteiger partial charge in [-0.25, -0.2) is 0 Å². The van der Waals surface area contributed by atoms with E-state index in [1.807, 2.05) is 58.4 Å². The average Bonchev–Trinajstić information content (AvgIpc) is 3.37. The summed E-state index contributed by atoms with van der Waals surface area (Å²) < 4.78 is 7.84. The quantitative estimate of drug-likeness (QED) is 0.220. The first-order valence-electron chi connectivity index (χ1n) is 15.0. The van der Waals surface area contributed by atoms with Crippen molar-refractivity contribution in [2.75, 3.05) is 24.6 Å². The lowest BCUT2D eigenvalue weighted by Gasteiger charge is -2.24. The van der Waals surface area contributed by atoms with E-state index in [4.69, 9.17) is 9.84 Å². The standard InChI is InChI=1S/C35H38N4O5/c1-24-8-5-12-32(25(24)2)44-19-7-13-33(40)39-18-4-3-9-30-29(10-6-11-31(30)39)28-20-37-38(23-28)22-26-14-16-27(17-15-26)35(43)36-21-34(41)42/h5-6,8,10-12,14-17,20,23H,3-4,7,9,13,18-19,21-22H2,1-2H3,(H,36,43)(H,41,42). The summed E-state index contributed by atoms with van der Waals surface area (Å²) >= 11 is 0. The molecule has 228 valence electrons. The molecule has 0 radical (unpaired) electrons. The highest BCUT2D eigenvalue weighted by Crippen LogP contribution is 2.35. The summed E-state index contributed by atoms with van der Waals surface area (Å²) in [7, 11) is 0. The number of anilines is 1. The highest BCUT2D eigenvalue weighted by molar-refractivity contribution is 5.96. The van der Waals surface area contributed by atoms with Crippen LogP contribution < -0.4 is 15.0 Å². The zero-order valence-electron chi connectivity index (χ0n) is 25.2. The number of carbonyl (C=O) groups excluding carboxylic acids is 2. The van der Waals surface area contributed by atoms with E-state index < -0.39 is 18.4 Å². The van der Waals surface area contributed by atoms with Crippen LogP contribution in [0.4, 0.5) is 5.69 Å². The second kappa shape index (κ2) is 14.0. The number of carboxylic acids is 1. The van der Waals surface area contributed by atoms with E-state index in [2.05, 4.69) is 36.4 Å². The number of rotatable bonds is 11. The van der Waals surface area contributed by atoms with E-state index in [0.717, 1.165) is 53.0 Å². The number of hydrogen-bond acceptors (Lipinski definition) is 5. The van der Waals surface area contributed by atoms with Gasteiger partial charge < -0.3 is 20.1 Å². The van der Waals surface area contributed by atoms with Crippen molar-refractivity contribution in [3.63, 3.8) is 0 Å². The molecule has 0 spiro atoms. The van der Waals surface area contributed by atoms with Crippen molar-refractivity contribution in [3.05, 3.63) is 101 Å². The maximum atomic E-state index is 13.4. The molecule has 2 N–H and O–H groups in total. The third kappa shape index (κ3) is 7.34. The molecule has 0 atom stereocenters. The maximum absolute atomic E-state index is 13.4. The van der Waals surface area contributed by atoms with Crippen LogP contribution in [0.15, 0.2) is 73.1 Å². The van der Waals surface area contributed by atoms with Gasteiger partial charge in [-0.05, 0) is 91.6 Å². The Morgan fingerprint density at radius 2 is 1.80 bits per heavy atom. The Morgan fingerprint density at radius 1 is 1.00 bits per heavy atom. The van der Waals surface area contributed by atoms with Crippen molar-refractivity contribution in [2.45, 2.75) is 52.5 Å². The Hall–Kier alpha value is -4.92. The summed E-state index contributed by atoms with van der Waals surface area (Å²) in [5.74, 6) is -0.525. The molecular weight excluding hydrogens is 556 g/mol. The van der Waals surface area contributed by atoms with E-state index in [1.54, 1.807) is 12.1 Å². The Kier molecular flexibility index (Phi) is 9.74. The molecule has 0 unspecified atom stereocenters. The highest BCUT2D eigenvalue weighted by atomic mass is 16.5. The summed E-state index contributed by atoms with van der Waals surface area (Å²) in [5, 5.41) is 15.7. The van der Waals surface area contributed by atoms with Gasteiger partial charge in [-0.2, -0.15) is 5.10 Å². The van der Waals surface area contributed by atoms with Crippen LogP contribution in [0.5, 0.6) is 5.75 Å². The second-order valence-corrected chi connectivity index (χ2v) is 11.2. The number of aryl methyl sites for hydroxylation is 1. The number of aromatic nitrogens is 2. The lowest BCUT2D eigenvalue weighted by Crippen LogP contribution is -2.31.